The van der Waals surface area contributed by atoms with Gasteiger partial charge >= 0.3 is 6.18 Å². The number of nitrogens with one attached hydrogen (secondary N) is 1. The largest absolute Gasteiger partial charge is 0.433 e. The Hall–Kier alpha value is -1.45. The highest BCUT2D eigenvalue weighted by molar-refractivity contribution is 5.29. The second kappa shape index (κ2) is 6.13. The summed E-state index contributed by atoms with van der Waals surface area (Å²) >= 11 is 0. The Kier molecular flexibility index (Phi) is 5.04. The third-order valence-electron chi connectivity index (χ3n) is 2.48. The molecule has 108 valence electrons. The molecule has 0 bridgehead atoms. The third-order valence-corrected chi connectivity index (χ3v) is 2.48. The van der Waals surface area contributed by atoms with Crippen molar-refractivity contribution in [2.75, 3.05) is 19.3 Å². The van der Waals surface area contributed by atoms with Crippen LogP contribution in [0.2, 0.25) is 0 Å². The fourth-order valence-corrected chi connectivity index (χ4v) is 1.51. The molecule has 1 heterocycles. The number of hydrogen-bond donors (Lipinski definition) is 4. The molecular formula is C10H15F3N4O2. The summed E-state index contributed by atoms with van der Waals surface area (Å²) < 4.78 is 38.3. The van der Waals surface area contributed by atoms with Gasteiger partial charge in [-0.2, -0.15) is 13.2 Å². The number of aliphatic hydroxyl groups excluding tert-OH is 2. The molecule has 5 N–H and O–H groups in total. The van der Waals surface area contributed by atoms with Gasteiger partial charge in [-0.15, -0.1) is 0 Å². The van der Waals surface area contributed by atoms with Crippen molar-refractivity contribution in [3.8, 4) is 0 Å². The van der Waals surface area contributed by atoms with Crippen LogP contribution in [0.3, 0.4) is 0 Å². The molecule has 6 nitrogen and oxygen atoms in total. The molecule has 0 aliphatic heterocycles. The average Bonchev–Trinajstić information content (AvgIpc) is 2.34. The molecule has 0 fully saturated rings. The summed E-state index contributed by atoms with van der Waals surface area (Å²) in [5.41, 5.74) is 3.17. The van der Waals surface area contributed by atoms with E-state index in [-0.39, 0.29) is 6.42 Å². The first-order valence-electron chi connectivity index (χ1n) is 5.47. The fourth-order valence-electron chi connectivity index (χ4n) is 1.51. The summed E-state index contributed by atoms with van der Waals surface area (Å²) in [4.78, 5) is 6.50. The Labute approximate surface area is 107 Å². The van der Waals surface area contributed by atoms with Crippen LogP contribution in [0.15, 0.2) is 6.20 Å². The number of nitrogen functional groups attached to an aromatic ring is 1. The van der Waals surface area contributed by atoms with E-state index >= 15 is 0 Å². The highest BCUT2D eigenvalue weighted by Crippen LogP contribution is 2.34. The van der Waals surface area contributed by atoms with Gasteiger partial charge < -0.3 is 21.3 Å². The van der Waals surface area contributed by atoms with Gasteiger partial charge in [0, 0.05) is 11.8 Å². The SMILES string of the molecule is CNCCC(O)C(O)c1cnc(N)nc1C(F)(F)F. The van der Waals surface area contributed by atoms with Crippen LogP contribution < -0.4 is 11.1 Å². The number of aliphatic hydroxyl groups is 2. The lowest BCUT2D eigenvalue weighted by Crippen LogP contribution is -2.26. The van der Waals surface area contributed by atoms with Crippen LogP contribution in [0.4, 0.5) is 19.1 Å². The highest BCUT2D eigenvalue weighted by Gasteiger charge is 2.38. The number of hydrogen-bond acceptors (Lipinski definition) is 6. The molecule has 0 aliphatic rings. The van der Waals surface area contributed by atoms with Gasteiger partial charge in [0.2, 0.25) is 5.95 Å². The summed E-state index contributed by atoms with van der Waals surface area (Å²) in [6.07, 6.45) is -7.01. The Morgan fingerprint density at radius 1 is 1.42 bits per heavy atom. The average molecular weight is 280 g/mol. The molecule has 0 aliphatic carbocycles. The Balaban J connectivity index is 3.05. The van der Waals surface area contributed by atoms with Crippen LogP contribution in [0, 0.1) is 0 Å². The van der Waals surface area contributed by atoms with Crippen LogP contribution in [-0.4, -0.2) is 39.9 Å². The van der Waals surface area contributed by atoms with E-state index in [0.717, 1.165) is 6.20 Å². The summed E-state index contributed by atoms with van der Waals surface area (Å²) in [7, 11) is 1.62. The molecule has 0 spiro atoms. The van der Waals surface area contributed by atoms with Crippen LogP contribution in [0.25, 0.3) is 0 Å². The molecule has 9 heteroatoms. The van der Waals surface area contributed by atoms with E-state index in [1.807, 2.05) is 0 Å². The smallest absolute Gasteiger partial charge is 0.390 e. The van der Waals surface area contributed by atoms with Crippen molar-refractivity contribution >= 4 is 5.95 Å². The number of alkyl halides is 3. The molecule has 1 aromatic heterocycles. The van der Waals surface area contributed by atoms with E-state index in [4.69, 9.17) is 5.73 Å². The summed E-state index contributed by atoms with van der Waals surface area (Å²) in [6.45, 7) is 0.343. The zero-order chi connectivity index (χ0) is 14.6. The van der Waals surface area contributed by atoms with E-state index in [9.17, 15) is 23.4 Å². The maximum absolute atomic E-state index is 12.8. The van der Waals surface area contributed by atoms with E-state index in [2.05, 4.69) is 15.3 Å². The first kappa shape index (κ1) is 15.6. The third kappa shape index (κ3) is 4.01. The predicted octanol–water partition coefficient (Wildman–Crippen LogP) is 0.0814. The lowest BCUT2D eigenvalue weighted by Gasteiger charge is -2.20. The van der Waals surface area contributed by atoms with Crippen molar-refractivity contribution in [2.45, 2.75) is 24.8 Å². The van der Waals surface area contributed by atoms with Crippen molar-refractivity contribution in [3.63, 3.8) is 0 Å². The van der Waals surface area contributed by atoms with Crippen molar-refractivity contribution in [1.82, 2.24) is 15.3 Å². The quantitative estimate of drug-likeness (QED) is 0.609. The number of nitrogens with zero attached hydrogens (tertiary/aromatic N) is 2. The fraction of sp³-hybridized carbons (Fsp3) is 0.600. The molecule has 19 heavy (non-hydrogen) atoms. The van der Waals surface area contributed by atoms with Crippen molar-refractivity contribution in [3.05, 3.63) is 17.5 Å². The van der Waals surface area contributed by atoms with Crippen molar-refractivity contribution < 1.29 is 23.4 Å². The predicted molar refractivity (Wildman–Crippen MR) is 61.0 cm³/mol. The minimum absolute atomic E-state index is 0.0827. The van der Waals surface area contributed by atoms with Crippen molar-refractivity contribution in [1.29, 1.82) is 0 Å². The maximum Gasteiger partial charge on any atom is 0.433 e. The monoisotopic (exact) mass is 280 g/mol. The van der Waals surface area contributed by atoms with E-state index in [1.54, 1.807) is 7.05 Å². The molecule has 0 saturated heterocycles. The molecular weight excluding hydrogens is 265 g/mol. The minimum atomic E-state index is -4.78. The van der Waals surface area contributed by atoms with Gasteiger partial charge in [0.1, 0.15) is 6.10 Å². The van der Waals surface area contributed by atoms with E-state index < -0.39 is 35.6 Å². The van der Waals surface area contributed by atoms with Crippen molar-refractivity contribution in [2.24, 2.45) is 0 Å². The van der Waals surface area contributed by atoms with Gasteiger partial charge in [0.05, 0.1) is 6.10 Å². The van der Waals surface area contributed by atoms with Crippen LogP contribution in [0.5, 0.6) is 0 Å². The van der Waals surface area contributed by atoms with E-state index in [1.165, 1.54) is 0 Å². The molecule has 0 radical (unpaired) electrons. The standard InChI is InChI=1S/C10H15F3N4O2/c1-15-3-2-6(18)7(19)5-4-16-9(14)17-8(5)10(11,12)13/h4,6-7,15,18-19H,2-3H2,1H3,(H2,14,16,17). The normalized spacial score (nSPS) is 15.3. The topological polar surface area (TPSA) is 104 Å². The molecule has 0 aromatic carbocycles. The van der Waals surface area contributed by atoms with Gasteiger partial charge in [-0.1, -0.05) is 0 Å². The second-order valence-corrected chi connectivity index (χ2v) is 3.93. The zero-order valence-electron chi connectivity index (χ0n) is 10.1. The first-order chi connectivity index (χ1) is 8.77. The Morgan fingerprint density at radius 2 is 2.05 bits per heavy atom. The van der Waals surface area contributed by atoms with Gasteiger partial charge in [0.15, 0.2) is 5.69 Å². The number of aromatic nitrogens is 2. The van der Waals surface area contributed by atoms with Gasteiger partial charge in [-0.25, -0.2) is 9.97 Å². The Bertz CT molecular complexity index is 428. The van der Waals surface area contributed by atoms with Crippen LogP contribution >= 0.6 is 0 Å². The number of anilines is 1. The van der Waals surface area contributed by atoms with Crippen LogP contribution in [0.1, 0.15) is 23.8 Å². The molecule has 1 aromatic rings. The minimum Gasteiger partial charge on any atom is -0.390 e. The lowest BCUT2D eigenvalue weighted by atomic mass is 10.0. The number of rotatable bonds is 5. The van der Waals surface area contributed by atoms with Gasteiger partial charge in [0.25, 0.3) is 0 Å². The maximum atomic E-state index is 12.8. The van der Waals surface area contributed by atoms with Gasteiger partial charge in [-0.05, 0) is 20.0 Å². The van der Waals surface area contributed by atoms with E-state index in [0.29, 0.717) is 6.54 Å². The number of halogens is 3. The summed E-state index contributed by atoms with van der Waals surface area (Å²) in [5.74, 6) is -0.548. The number of nitrogens with two attached hydrogens (primary N) is 1. The van der Waals surface area contributed by atoms with Crippen LogP contribution in [-0.2, 0) is 6.18 Å². The molecule has 2 atom stereocenters. The first-order valence-corrected chi connectivity index (χ1v) is 5.47. The molecule has 0 amide bonds. The summed E-state index contributed by atoms with van der Waals surface area (Å²) in [5, 5.41) is 22.1. The lowest BCUT2D eigenvalue weighted by molar-refractivity contribution is -0.143. The molecule has 1 rings (SSSR count). The second-order valence-electron chi connectivity index (χ2n) is 3.93. The zero-order valence-corrected chi connectivity index (χ0v) is 10.1. The Morgan fingerprint density at radius 3 is 2.58 bits per heavy atom. The van der Waals surface area contributed by atoms with Gasteiger partial charge in [-0.3, -0.25) is 0 Å². The highest BCUT2D eigenvalue weighted by atomic mass is 19.4. The molecule has 2 unspecified atom stereocenters. The molecule has 0 saturated carbocycles. The summed E-state index contributed by atoms with van der Waals surface area (Å²) in [6, 6.07) is 0.